The van der Waals surface area contributed by atoms with Crippen LogP contribution in [0.15, 0.2) is 84.9 Å². The monoisotopic (exact) mass is 388 g/mol. The van der Waals surface area contributed by atoms with Crippen molar-refractivity contribution in [3.63, 3.8) is 0 Å². The van der Waals surface area contributed by atoms with E-state index in [2.05, 4.69) is 5.43 Å². The Morgan fingerprint density at radius 1 is 0.897 bits per heavy atom. The lowest BCUT2D eigenvalue weighted by atomic mass is 10.2. The third kappa shape index (κ3) is 5.62. The summed E-state index contributed by atoms with van der Waals surface area (Å²) in [6.07, 6.45) is 3.24. The summed E-state index contributed by atoms with van der Waals surface area (Å²) in [6, 6.07) is 25.2. The number of hydrogen-bond donors (Lipinski definition) is 1. The summed E-state index contributed by atoms with van der Waals surface area (Å²) in [5.74, 6) is 1.04. The Hall–Kier alpha value is -3.73. The first kappa shape index (κ1) is 20.0. The molecule has 0 fully saturated rings. The maximum atomic E-state index is 12.6. The van der Waals surface area contributed by atoms with Gasteiger partial charge in [-0.3, -0.25) is 15.2 Å². The van der Waals surface area contributed by atoms with Crippen molar-refractivity contribution in [3.05, 3.63) is 96.1 Å². The van der Waals surface area contributed by atoms with Crippen LogP contribution in [0.5, 0.6) is 11.5 Å². The van der Waals surface area contributed by atoms with E-state index in [1.165, 1.54) is 6.08 Å². The molecular formula is C24H24N2O3. The van der Waals surface area contributed by atoms with Crippen molar-refractivity contribution in [2.24, 2.45) is 0 Å². The number of para-hydroxylation sites is 1. The van der Waals surface area contributed by atoms with Crippen LogP contribution in [0.1, 0.15) is 11.1 Å². The molecule has 1 amide bonds. The fourth-order valence-electron chi connectivity index (χ4n) is 2.87. The maximum absolute atomic E-state index is 12.6. The van der Waals surface area contributed by atoms with Crippen LogP contribution in [0.3, 0.4) is 0 Å². The van der Waals surface area contributed by atoms with Gasteiger partial charge >= 0.3 is 0 Å². The third-order valence-electron chi connectivity index (χ3n) is 4.33. The van der Waals surface area contributed by atoms with E-state index in [4.69, 9.17) is 9.47 Å². The highest BCUT2D eigenvalue weighted by Gasteiger charge is 2.10. The van der Waals surface area contributed by atoms with Crippen LogP contribution in [0.2, 0.25) is 0 Å². The Balaban J connectivity index is 1.73. The van der Waals surface area contributed by atoms with E-state index in [0.717, 1.165) is 16.8 Å². The van der Waals surface area contributed by atoms with Crippen LogP contribution < -0.4 is 19.9 Å². The Bertz CT molecular complexity index is 956. The zero-order chi connectivity index (χ0) is 20.5. The number of anilines is 1. The van der Waals surface area contributed by atoms with Crippen molar-refractivity contribution >= 4 is 17.7 Å². The van der Waals surface area contributed by atoms with E-state index in [-0.39, 0.29) is 5.91 Å². The molecule has 5 heteroatoms. The van der Waals surface area contributed by atoms with E-state index in [1.54, 1.807) is 20.3 Å². The summed E-state index contributed by atoms with van der Waals surface area (Å²) in [5.41, 5.74) is 5.80. The molecule has 3 aromatic carbocycles. The number of rotatable bonds is 8. The molecule has 0 unspecified atom stereocenters. The van der Waals surface area contributed by atoms with Gasteiger partial charge in [-0.15, -0.1) is 0 Å². The van der Waals surface area contributed by atoms with E-state index >= 15 is 0 Å². The number of carbonyl (C=O) groups is 1. The predicted molar refractivity (Wildman–Crippen MR) is 116 cm³/mol. The van der Waals surface area contributed by atoms with Gasteiger partial charge in [-0.05, 0) is 41.5 Å². The minimum atomic E-state index is -0.223. The Labute approximate surface area is 171 Å². The van der Waals surface area contributed by atoms with Gasteiger partial charge in [-0.1, -0.05) is 54.6 Å². The molecule has 0 aromatic heterocycles. The van der Waals surface area contributed by atoms with E-state index in [1.807, 2.05) is 83.9 Å². The van der Waals surface area contributed by atoms with Gasteiger partial charge < -0.3 is 9.47 Å². The molecule has 0 saturated carbocycles. The smallest absolute Gasteiger partial charge is 0.262 e. The number of ether oxygens (including phenoxy) is 2. The average Bonchev–Trinajstić information content (AvgIpc) is 2.78. The van der Waals surface area contributed by atoms with Gasteiger partial charge in [0, 0.05) is 6.08 Å². The van der Waals surface area contributed by atoms with Gasteiger partial charge in [0.2, 0.25) is 0 Å². The minimum Gasteiger partial charge on any atom is -0.493 e. The molecule has 0 aliphatic rings. The third-order valence-corrected chi connectivity index (χ3v) is 4.33. The first-order valence-electron chi connectivity index (χ1n) is 9.27. The van der Waals surface area contributed by atoms with Crippen molar-refractivity contribution in [1.82, 2.24) is 5.43 Å². The van der Waals surface area contributed by atoms with E-state index in [9.17, 15) is 4.79 Å². The summed E-state index contributed by atoms with van der Waals surface area (Å²) < 4.78 is 10.5. The lowest BCUT2D eigenvalue weighted by Crippen LogP contribution is -2.41. The van der Waals surface area contributed by atoms with Crippen LogP contribution in [0.4, 0.5) is 5.69 Å². The highest BCUT2D eigenvalue weighted by Crippen LogP contribution is 2.28. The number of amides is 1. The molecule has 148 valence electrons. The lowest BCUT2D eigenvalue weighted by Gasteiger charge is -2.25. The first-order chi connectivity index (χ1) is 14.2. The fraction of sp³-hybridized carbons (Fsp3) is 0.125. The molecule has 29 heavy (non-hydrogen) atoms. The average molecular weight is 388 g/mol. The maximum Gasteiger partial charge on any atom is 0.262 e. The second kappa shape index (κ2) is 9.99. The van der Waals surface area contributed by atoms with Crippen molar-refractivity contribution in [2.45, 2.75) is 6.54 Å². The Kier molecular flexibility index (Phi) is 6.90. The van der Waals surface area contributed by atoms with E-state index in [0.29, 0.717) is 18.0 Å². The number of nitrogens with zero attached hydrogens (tertiary/aromatic N) is 1. The molecule has 3 rings (SSSR count). The molecule has 0 bridgehead atoms. The number of benzene rings is 3. The molecule has 0 spiro atoms. The molecule has 1 N–H and O–H groups in total. The minimum absolute atomic E-state index is 0.223. The van der Waals surface area contributed by atoms with Crippen molar-refractivity contribution in [1.29, 1.82) is 0 Å². The molecule has 0 aliphatic heterocycles. The van der Waals surface area contributed by atoms with Crippen molar-refractivity contribution in [3.8, 4) is 11.5 Å². The second-order valence-electron chi connectivity index (χ2n) is 6.33. The van der Waals surface area contributed by atoms with Crippen LogP contribution >= 0.6 is 0 Å². The Morgan fingerprint density at radius 3 is 2.21 bits per heavy atom. The van der Waals surface area contributed by atoms with Gasteiger partial charge in [-0.25, -0.2) is 0 Å². The standard InChI is InChI=1S/C24H24N2O3/c1-28-22-15-13-19(17-23(22)29-2)14-16-24(27)25-26(21-11-7-4-8-12-21)18-20-9-5-3-6-10-20/h3-17H,18H2,1-2H3,(H,25,27)/b16-14+. The van der Waals surface area contributed by atoms with Gasteiger partial charge in [-0.2, -0.15) is 0 Å². The molecule has 0 radical (unpaired) electrons. The quantitative estimate of drug-likeness (QED) is 0.457. The SMILES string of the molecule is COc1ccc(/C=C/C(=O)NN(Cc2ccccc2)c2ccccc2)cc1OC. The van der Waals surface area contributed by atoms with E-state index < -0.39 is 0 Å². The highest BCUT2D eigenvalue weighted by molar-refractivity contribution is 5.92. The summed E-state index contributed by atoms with van der Waals surface area (Å²) in [6.45, 7) is 0.556. The number of hydrogen-bond acceptors (Lipinski definition) is 4. The lowest BCUT2D eigenvalue weighted by molar-refractivity contribution is -0.116. The summed E-state index contributed by atoms with van der Waals surface area (Å²) in [5, 5.41) is 1.83. The fourth-order valence-corrected chi connectivity index (χ4v) is 2.87. The topological polar surface area (TPSA) is 50.8 Å². The normalized spacial score (nSPS) is 10.6. The predicted octanol–water partition coefficient (Wildman–Crippen LogP) is 4.46. The zero-order valence-corrected chi connectivity index (χ0v) is 16.5. The van der Waals surface area contributed by atoms with Crippen LogP contribution in [0, 0.1) is 0 Å². The molecule has 0 atom stereocenters. The van der Waals surface area contributed by atoms with Crippen molar-refractivity contribution < 1.29 is 14.3 Å². The van der Waals surface area contributed by atoms with Gasteiger partial charge in [0.05, 0.1) is 26.5 Å². The van der Waals surface area contributed by atoms with Crippen molar-refractivity contribution in [2.75, 3.05) is 19.2 Å². The summed E-state index contributed by atoms with van der Waals surface area (Å²) >= 11 is 0. The highest BCUT2D eigenvalue weighted by atomic mass is 16.5. The molecule has 3 aromatic rings. The largest absolute Gasteiger partial charge is 0.493 e. The summed E-state index contributed by atoms with van der Waals surface area (Å²) in [7, 11) is 3.17. The number of nitrogens with one attached hydrogen (secondary N) is 1. The molecule has 5 nitrogen and oxygen atoms in total. The van der Waals surface area contributed by atoms with Crippen LogP contribution in [0.25, 0.3) is 6.08 Å². The number of methoxy groups -OCH3 is 2. The van der Waals surface area contributed by atoms with Gasteiger partial charge in [0.1, 0.15) is 0 Å². The Morgan fingerprint density at radius 2 is 1.55 bits per heavy atom. The molecule has 0 saturated heterocycles. The zero-order valence-electron chi connectivity index (χ0n) is 16.5. The van der Waals surface area contributed by atoms with Crippen LogP contribution in [-0.4, -0.2) is 20.1 Å². The van der Waals surface area contributed by atoms with Gasteiger partial charge in [0.15, 0.2) is 11.5 Å². The number of hydrazine groups is 1. The molecule has 0 aliphatic carbocycles. The van der Waals surface area contributed by atoms with Crippen LogP contribution in [-0.2, 0) is 11.3 Å². The summed E-state index contributed by atoms with van der Waals surface area (Å²) in [4.78, 5) is 12.6. The number of carbonyl (C=O) groups excluding carboxylic acids is 1. The second-order valence-corrected chi connectivity index (χ2v) is 6.33. The van der Waals surface area contributed by atoms with Gasteiger partial charge in [0.25, 0.3) is 5.91 Å². The molecule has 0 heterocycles. The first-order valence-corrected chi connectivity index (χ1v) is 9.27. The molecular weight excluding hydrogens is 364 g/mol.